The van der Waals surface area contributed by atoms with Gasteiger partial charge in [-0.05, 0) is 34.8 Å². The minimum atomic E-state index is -1.62. The van der Waals surface area contributed by atoms with Gasteiger partial charge in [-0.3, -0.25) is 0 Å². The van der Waals surface area contributed by atoms with E-state index in [1.807, 2.05) is 0 Å². The lowest BCUT2D eigenvalue weighted by Crippen LogP contribution is -2.05. The Morgan fingerprint density at radius 3 is 1.50 bits per heavy atom. The molecule has 86 valence electrons. The second-order valence-corrected chi connectivity index (χ2v) is 25.8. The number of hydrogen-bond acceptors (Lipinski definition) is 2. The molecule has 0 nitrogen and oxygen atoms in total. The zero-order chi connectivity index (χ0) is 11.2. The Labute approximate surface area is 108 Å². The Hall–Kier alpha value is 1.91. The summed E-state index contributed by atoms with van der Waals surface area (Å²) in [6.07, 6.45) is 7.65. The van der Waals surface area contributed by atoms with Gasteiger partial charge in [0.25, 0.3) is 0 Å². The quantitative estimate of drug-likeness (QED) is 0.451. The summed E-state index contributed by atoms with van der Waals surface area (Å²) in [7, 11) is 0. The molecule has 0 bridgehead atoms. The van der Waals surface area contributed by atoms with Gasteiger partial charge in [-0.2, -0.15) is 0 Å². The van der Waals surface area contributed by atoms with Crippen molar-refractivity contribution in [3.05, 3.63) is 0 Å². The lowest BCUT2D eigenvalue weighted by molar-refractivity contribution is 1.01. The predicted molar refractivity (Wildman–Crippen MR) is 83.0 cm³/mol. The molecule has 1 atom stereocenters. The first-order valence-corrected chi connectivity index (χ1v) is 14.2. The van der Waals surface area contributed by atoms with Crippen molar-refractivity contribution in [2.75, 3.05) is 18.5 Å². The second-order valence-electron chi connectivity index (χ2n) is 3.72. The monoisotopic (exact) mass is 334 g/mol. The van der Waals surface area contributed by atoms with Crippen LogP contribution in [-0.4, -0.2) is 18.5 Å². The molecule has 0 saturated carbocycles. The standard InChI is InChI=1S/C9H21BrP2S2/c1-4-7-11(8-5-2,9-6-3)12(10,13)14/h4-9H2,1-3H3. The molecule has 0 saturated heterocycles. The van der Waals surface area contributed by atoms with Gasteiger partial charge in [0.15, 0.2) is 0 Å². The van der Waals surface area contributed by atoms with Crippen LogP contribution in [0.4, 0.5) is 0 Å². The smallest absolute Gasteiger partial charge is 0.0610 e. The first-order valence-electron chi connectivity index (χ1n) is 5.30. The highest BCUT2D eigenvalue weighted by atomic mass is 79.9. The average molecular weight is 335 g/mol. The third kappa shape index (κ3) is 4.42. The summed E-state index contributed by atoms with van der Waals surface area (Å²) in [6.45, 7) is 5.75. The molecule has 1 unspecified atom stereocenters. The van der Waals surface area contributed by atoms with Crippen LogP contribution >= 0.6 is 26.1 Å². The summed E-state index contributed by atoms with van der Waals surface area (Å²) in [4.78, 5) is 0. The van der Waals surface area contributed by atoms with Crippen molar-refractivity contribution in [3.8, 4) is 0 Å². The van der Waals surface area contributed by atoms with E-state index in [1.165, 1.54) is 37.7 Å². The van der Waals surface area contributed by atoms with Crippen LogP contribution in [0.5, 0.6) is 0 Å². The maximum Gasteiger partial charge on any atom is 0.0610 e. The number of rotatable bonds is 7. The van der Waals surface area contributed by atoms with Gasteiger partial charge < -0.3 is 12.2 Å². The van der Waals surface area contributed by atoms with E-state index < -0.39 is 10.6 Å². The Bertz CT molecular complexity index is 186. The molecule has 0 N–H and O–H groups in total. The van der Waals surface area contributed by atoms with Crippen LogP contribution in [0.15, 0.2) is 0 Å². The molecule has 0 aromatic heterocycles. The molecule has 0 aromatic carbocycles. The largest absolute Gasteiger partial charge is 0.695 e. The molecule has 0 aromatic rings. The molecule has 0 aliphatic carbocycles. The Balaban J connectivity index is 4.83. The van der Waals surface area contributed by atoms with E-state index in [-0.39, 0.29) is 0 Å². The van der Waals surface area contributed by atoms with Crippen LogP contribution in [0, 0.1) is 0 Å². The van der Waals surface area contributed by atoms with Crippen molar-refractivity contribution in [3.63, 3.8) is 0 Å². The lowest BCUT2D eigenvalue weighted by Gasteiger charge is -2.38. The van der Waals surface area contributed by atoms with Crippen molar-refractivity contribution < 1.29 is 0 Å². The van der Waals surface area contributed by atoms with E-state index in [0.717, 1.165) is 0 Å². The van der Waals surface area contributed by atoms with Crippen LogP contribution < -0.4 is 0 Å². The molecule has 0 spiro atoms. The van der Waals surface area contributed by atoms with Crippen LogP contribution in [0.3, 0.4) is 0 Å². The zero-order valence-corrected chi connectivity index (χ0v) is 14.3. The van der Waals surface area contributed by atoms with Gasteiger partial charge in [0.05, 0.1) is 18.5 Å². The summed E-state index contributed by atoms with van der Waals surface area (Å²) in [6, 6.07) is 0. The van der Waals surface area contributed by atoms with Crippen LogP contribution in [0.1, 0.15) is 40.0 Å². The van der Waals surface area contributed by atoms with Crippen molar-refractivity contribution in [1.29, 1.82) is 0 Å². The predicted octanol–water partition coefficient (Wildman–Crippen LogP) is 5.40. The molecule has 0 heterocycles. The summed E-state index contributed by atoms with van der Waals surface area (Å²) >= 11 is 14.9. The van der Waals surface area contributed by atoms with Crippen LogP contribution in [0.2, 0.25) is 0 Å². The second kappa shape index (κ2) is 7.28. The van der Waals surface area contributed by atoms with Gasteiger partial charge in [-0.15, -0.1) is 0 Å². The summed E-state index contributed by atoms with van der Waals surface area (Å²) < 4.78 is -1.62. The minimum Gasteiger partial charge on any atom is -0.695 e. The van der Waals surface area contributed by atoms with Gasteiger partial charge in [0.2, 0.25) is 0 Å². The maximum atomic E-state index is 5.61. The molecule has 0 radical (unpaired) electrons. The summed E-state index contributed by atoms with van der Waals surface area (Å²) in [5.74, 6) is 0. The fourth-order valence-corrected chi connectivity index (χ4v) is 18.5. The molecule has 0 rings (SSSR count). The highest BCUT2D eigenvalue weighted by molar-refractivity contribution is 9.58. The summed E-state index contributed by atoms with van der Waals surface area (Å²) in [5.41, 5.74) is 0. The van der Waals surface area contributed by atoms with Crippen molar-refractivity contribution in [2.24, 2.45) is 0 Å². The summed E-state index contributed by atoms with van der Waals surface area (Å²) in [5, 5.41) is 0. The SMILES string of the molecule is CCC[P+](CCC)(CCC)P(=S)([S-])Br. The molecule has 0 amide bonds. The van der Waals surface area contributed by atoms with E-state index in [4.69, 9.17) is 24.1 Å². The van der Waals surface area contributed by atoms with Crippen LogP contribution in [0.25, 0.3) is 0 Å². The van der Waals surface area contributed by atoms with Crippen LogP contribution in [-0.2, 0) is 24.1 Å². The van der Waals surface area contributed by atoms with E-state index in [9.17, 15) is 0 Å². The fraction of sp³-hybridized carbons (Fsp3) is 1.00. The Kier molecular flexibility index (Phi) is 8.27. The number of halogens is 1. The van der Waals surface area contributed by atoms with Gasteiger partial charge in [-0.1, -0.05) is 32.6 Å². The molecule has 5 heteroatoms. The van der Waals surface area contributed by atoms with Crippen molar-refractivity contribution in [2.45, 2.75) is 40.0 Å². The van der Waals surface area contributed by atoms with Gasteiger partial charge in [0, 0.05) is 10.6 Å². The third-order valence-corrected chi connectivity index (χ3v) is 24.4. The van der Waals surface area contributed by atoms with E-state index in [0.29, 0.717) is 0 Å². The first-order chi connectivity index (χ1) is 6.43. The third-order valence-electron chi connectivity index (χ3n) is 2.43. The molecule has 0 aliphatic rings. The minimum absolute atomic E-state index is 1.02. The Morgan fingerprint density at radius 1 is 1.07 bits per heavy atom. The Morgan fingerprint density at radius 2 is 1.36 bits per heavy atom. The van der Waals surface area contributed by atoms with Gasteiger partial charge >= 0.3 is 0 Å². The maximum absolute atomic E-state index is 5.61. The van der Waals surface area contributed by atoms with Gasteiger partial charge in [0.1, 0.15) is 0 Å². The van der Waals surface area contributed by atoms with E-state index in [2.05, 4.69) is 36.3 Å². The normalized spacial score (nSPS) is 16.6. The van der Waals surface area contributed by atoms with Crippen molar-refractivity contribution >= 4 is 50.1 Å². The van der Waals surface area contributed by atoms with Gasteiger partial charge in [-0.25, -0.2) is 0 Å². The van der Waals surface area contributed by atoms with E-state index >= 15 is 0 Å². The highest BCUT2D eigenvalue weighted by Crippen LogP contribution is 2.92. The van der Waals surface area contributed by atoms with Crippen molar-refractivity contribution in [1.82, 2.24) is 0 Å². The average Bonchev–Trinajstić information content (AvgIpc) is 2.03. The van der Waals surface area contributed by atoms with E-state index in [1.54, 1.807) is 0 Å². The molecule has 0 aliphatic heterocycles. The topological polar surface area (TPSA) is 0 Å². The number of hydrogen-bond donors (Lipinski definition) is 0. The molecule has 14 heavy (non-hydrogen) atoms. The first kappa shape index (κ1) is 15.9. The molecular formula is C9H21BrP2S2. The fourth-order valence-electron chi connectivity index (χ4n) is 1.94. The highest BCUT2D eigenvalue weighted by Gasteiger charge is 2.39. The molecule has 0 fully saturated rings. The zero-order valence-electron chi connectivity index (χ0n) is 9.33. The molecular weight excluding hydrogens is 314 g/mol. The lowest BCUT2D eigenvalue weighted by atomic mass is 10.6.